The zero-order chi connectivity index (χ0) is 23.8. The van der Waals surface area contributed by atoms with Crippen LogP contribution in [0.1, 0.15) is 17.2 Å². The molecule has 0 aromatic heterocycles. The topological polar surface area (TPSA) is 80.3 Å². The molecule has 2 atom stereocenters. The van der Waals surface area contributed by atoms with E-state index in [-0.39, 0.29) is 31.7 Å². The second-order valence-electron chi connectivity index (χ2n) is 8.24. The molecule has 0 bridgehead atoms. The van der Waals surface area contributed by atoms with Crippen LogP contribution in [-0.4, -0.2) is 55.4 Å². The number of fused-ring (bicyclic) bond motifs is 1. The molecule has 1 amide bonds. The van der Waals surface area contributed by atoms with Crippen LogP contribution in [0.25, 0.3) is 0 Å². The highest BCUT2D eigenvalue weighted by Gasteiger charge is 2.25. The van der Waals surface area contributed by atoms with Gasteiger partial charge in [0.1, 0.15) is 36.1 Å². The Hall–Kier alpha value is -3.55. The number of para-hydroxylation sites is 1. The second kappa shape index (κ2) is 11.5. The van der Waals surface area contributed by atoms with Crippen molar-refractivity contribution < 1.29 is 24.1 Å². The molecule has 178 valence electrons. The van der Waals surface area contributed by atoms with Gasteiger partial charge in [-0.15, -0.1) is 0 Å². The van der Waals surface area contributed by atoms with E-state index >= 15 is 0 Å². The molecule has 34 heavy (non-hydrogen) atoms. The van der Waals surface area contributed by atoms with E-state index in [1.165, 1.54) is 0 Å². The van der Waals surface area contributed by atoms with Crippen molar-refractivity contribution >= 4 is 5.91 Å². The summed E-state index contributed by atoms with van der Waals surface area (Å²) in [7, 11) is 1.58. The molecule has 7 heteroatoms. The van der Waals surface area contributed by atoms with Gasteiger partial charge in [-0.05, 0) is 23.8 Å². The van der Waals surface area contributed by atoms with E-state index in [9.17, 15) is 9.90 Å². The summed E-state index contributed by atoms with van der Waals surface area (Å²) in [4.78, 5) is 14.7. The highest BCUT2D eigenvalue weighted by Crippen LogP contribution is 2.30. The molecule has 0 aliphatic carbocycles. The summed E-state index contributed by atoms with van der Waals surface area (Å²) in [6.45, 7) is 1.55. The lowest BCUT2D eigenvalue weighted by atomic mass is 10.1. The minimum atomic E-state index is -0.833. The number of aliphatic hydroxyl groups is 1. The van der Waals surface area contributed by atoms with Crippen molar-refractivity contribution in [2.24, 2.45) is 0 Å². The van der Waals surface area contributed by atoms with Crippen molar-refractivity contribution in [2.45, 2.75) is 18.8 Å². The van der Waals surface area contributed by atoms with Crippen molar-refractivity contribution in [2.75, 3.05) is 33.4 Å². The van der Waals surface area contributed by atoms with Crippen LogP contribution in [0.5, 0.6) is 17.2 Å². The number of aliphatic hydroxyl groups excluding tert-OH is 1. The van der Waals surface area contributed by atoms with Crippen LogP contribution in [0.4, 0.5) is 0 Å². The minimum absolute atomic E-state index is 0.0639. The van der Waals surface area contributed by atoms with Crippen LogP contribution in [0, 0.1) is 0 Å². The molecule has 1 aliphatic heterocycles. The first-order valence-corrected chi connectivity index (χ1v) is 11.3. The number of hydrogen-bond acceptors (Lipinski definition) is 6. The van der Waals surface area contributed by atoms with Crippen LogP contribution < -0.4 is 19.5 Å². The lowest BCUT2D eigenvalue weighted by Crippen LogP contribution is -2.42. The molecule has 0 saturated heterocycles. The van der Waals surface area contributed by atoms with Gasteiger partial charge in [-0.1, -0.05) is 54.6 Å². The number of amides is 1. The van der Waals surface area contributed by atoms with E-state index in [0.29, 0.717) is 24.6 Å². The number of carbonyl (C=O) groups excluding carboxylic acids is 1. The predicted molar refractivity (Wildman–Crippen MR) is 129 cm³/mol. The minimum Gasteiger partial charge on any atom is -0.497 e. The fourth-order valence-electron chi connectivity index (χ4n) is 3.87. The van der Waals surface area contributed by atoms with Gasteiger partial charge in [-0.25, -0.2) is 0 Å². The van der Waals surface area contributed by atoms with Crippen molar-refractivity contribution in [3.05, 3.63) is 90.0 Å². The molecular weight excluding hydrogens is 432 g/mol. The van der Waals surface area contributed by atoms with Gasteiger partial charge in [0.25, 0.3) is 0 Å². The summed E-state index contributed by atoms with van der Waals surface area (Å²) >= 11 is 0. The molecule has 2 N–H and O–H groups in total. The first kappa shape index (κ1) is 23.6. The molecular formula is C27H30N2O5. The normalized spacial score (nSPS) is 16.5. The average molecular weight is 463 g/mol. The average Bonchev–Trinajstić information content (AvgIpc) is 3.06. The zero-order valence-corrected chi connectivity index (χ0v) is 19.2. The van der Waals surface area contributed by atoms with Gasteiger partial charge in [0.2, 0.25) is 5.91 Å². The Morgan fingerprint density at radius 1 is 1.09 bits per heavy atom. The van der Waals surface area contributed by atoms with Crippen LogP contribution in [0.2, 0.25) is 0 Å². The maximum atomic E-state index is 12.7. The summed E-state index contributed by atoms with van der Waals surface area (Å²) < 4.78 is 17.1. The number of carbonyl (C=O) groups is 1. The van der Waals surface area contributed by atoms with E-state index in [1.54, 1.807) is 19.2 Å². The van der Waals surface area contributed by atoms with Crippen LogP contribution in [0.3, 0.4) is 0 Å². The van der Waals surface area contributed by atoms with Gasteiger partial charge >= 0.3 is 0 Å². The number of ether oxygens (including phenoxy) is 3. The largest absolute Gasteiger partial charge is 0.497 e. The summed E-state index contributed by atoms with van der Waals surface area (Å²) in [6.07, 6.45) is -1.01. The summed E-state index contributed by atoms with van der Waals surface area (Å²) in [6, 6.07) is 25.1. The van der Waals surface area contributed by atoms with Crippen LogP contribution in [-0.2, 0) is 11.3 Å². The van der Waals surface area contributed by atoms with E-state index in [4.69, 9.17) is 14.2 Å². The number of benzene rings is 3. The Labute approximate surface area is 199 Å². The molecule has 7 nitrogen and oxygen atoms in total. The summed E-state index contributed by atoms with van der Waals surface area (Å²) in [5.41, 5.74) is 2.11. The van der Waals surface area contributed by atoms with E-state index < -0.39 is 6.10 Å². The van der Waals surface area contributed by atoms with Gasteiger partial charge in [-0.2, -0.15) is 0 Å². The van der Waals surface area contributed by atoms with E-state index in [1.807, 2.05) is 66.7 Å². The molecule has 0 unspecified atom stereocenters. The maximum Gasteiger partial charge on any atom is 0.234 e. The molecule has 0 saturated carbocycles. The highest BCUT2D eigenvalue weighted by molar-refractivity contribution is 5.78. The lowest BCUT2D eigenvalue weighted by molar-refractivity contribution is -0.123. The smallest absolute Gasteiger partial charge is 0.234 e. The summed E-state index contributed by atoms with van der Waals surface area (Å²) in [5.74, 6) is 1.95. The Balaban J connectivity index is 1.31. The second-order valence-corrected chi connectivity index (χ2v) is 8.24. The van der Waals surface area contributed by atoms with Gasteiger partial charge in [-0.3, -0.25) is 9.69 Å². The number of nitrogens with one attached hydrogen (secondary N) is 1. The van der Waals surface area contributed by atoms with Gasteiger partial charge in [0.15, 0.2) is 0 Å². The molecule has 0 fully saturated rings. The Morgan fingerprint density at radius 2 is 1.85 bits per heavy atom. The van der Waals surface area contributed by atoms with Gasteiger partial charge in [0.05, 0.1) is 13.7 Å². The first-order valence-electron chi connectivity index (χ1n) is 11.3. The van der Waals surface area contributed by atoms with Crippen molar-refractivity contribution in [3.63, 3.8) is 0 Å². The highest BCUT2D eigenvalue weighted by atomic mass is 16.5. The Kier molecular flexibility index (Phi) is 8.01. The molecule has 0 spiro atoms. The number of methoxy groups -OCH3 is 1. The summed E-state index contributed by atoms with van der Waals surface area (Å²) in [5, 5.41) is 13.1. The van der Waals surface area contributed by atoms with Gasteiger partial charge < -0.3 is 24.6 Å². The zero-order valence-electron chi connectivity index (χ0n) is 19.2. The molecule has 4 rings (SSSR count). The van der Waals surface area contributed by atoms with Gasteiger partial charge in [0, 0.05) is 31.3 Å². The van der Waals surface area contributed by atoms with Crippen LogP contribution in [0.15, 0.2) is 78.9 Å². The fraction of sp³-hybridized carbons (Fsp3) is 0.296. The van der Waals surface area contributed by atoms with Crippen molar-refractivity contribution in [3.8, 4) is 17.2 Å². The standard InChI is InChI=1S/C27H30N2O5/c1-32-23-11-7-12-24(14-23)33-19-22(30)15-28-27(31)18-29-16-21-10-5-6-13-25(21)34-26(17-29)20-8-3-2-4-9-20/h2-14,22,26,30H,15-19H2,1H3,(H,28,31)/t22-,26-/m1/s1. The third-order valence-electron chi connectivity index (χ3n) is 5.62. The molecule has 1 heterocycles. The third-order valence-corrected chi connectivity index (χ3v) is 5.62. The number of rotatable bonds is 9. The maximum absolute atomic E-state index is 12.7. The quantitative estimate of drug-likeness (QED) is 0.509. The fourth-order valence-corrected chi connectivity index (χ4v) is 3.87. The SMILES string of the molecule is COc1cccc(OC[C@H](O)CNC(=O)CN2Cc3ccccc3O[C@@H](c3ccccc3)C2)c1. The molecule has 1 aliphatic rings. The van der Waals surface area contributed by atoms with Crippen molar-refractivity contribution in [1.82, 2.24) is 10.2 Å². The molecule has 3 aromatic rings. The number of hydrogen-bond donors (Lipinski definition) is 2. The molecule has 0 radical (unpaired) electrons. The van der Waals surface area contributed by atoms with E-state index in [2.05, 4.69) is 10.2 Å². The Morgan fingerprint density at radius 3 is 2.68 bits per heavy atom. The third kappa shape index (κ3) is 6.50. The van der Waals surface area contributed by atoms with Crippen LogP contribution >= 0.6 is 0 Å². The van der Waals surface area contributed by atoms with E-state index in [0.717, 1.165) is 16.9 Å². The monoisotopic (exact) mass is 462 g/mol. The molecule has 3 aromatic carbocycles. The predicted octanol–water partition coefficient (Wildman–Crippen LogP) is 3.19. The van der Waals surface area contributed by atoms with Crippen molar-refractivity contribution in [1.29, 1.82) is 0 Å². The lowest BCUT2D eigenvalue weighted by Gasteiger charge is -2.24. The number of nitrogens with zero attached hydrogens (tertiary/aromatic N) is 1. The Bertz CT molecular complexity index is 1080. The first-order chi connectivity index (χ1) is 16.6.